The van der Waals surface area contributed by atoms with Crippen LogP contribution in [-0.4, -0.2) is 42.9 Å². The second kappa shape index (κ2) is 11.3. The van der Waals surface area contributed by atoms with Gasteiger partial charge in [-0.2, -0.15) is 4.31 Å². The summed E-state index contributed by atoms with van der Waals surface area (Å²) in [4.78, 5) is 13.0. The Balaban J connectivity index is 1.45. The molecule has 0 spiro atoms. The summed E-state index contributed by atoms with van der Waals surface area (Å²) in [6.07, 6.45) is 11.5. The highest BCUT2D eigenvalue weighted by atomic mass is 32.2. The third-order valence-corrected chi connectivity index (χ3v) is 9.65. The van der Waals surface area contributed by atoms with Crippen molar-refractivity contribution in [1.82, 2.24) is 14.8 Å². The number of rotatable bonds is 6. The van der Waals surface area contributed by atoms with Crippen LogP contribution in [0, 0.1) is 33.6 Å². The number of nitrogens with zero attached hydrogens (tertiary/aromatic N) is 2. The molecule has 36 heavy (non-hydrogen) atoms. The summed E-state index contributed by atoms with van der Waals surface area (Å²) in [6.45, 7) is 8.42. The first-order chi connectivity index (χ1) is 17.2. The molecule has 8 heteroatoms. The van der Waals surface area contributed by atoms with Crippen molar-refractivity contribution in [3.05, 3.63) is 45.8 Å². The number of amides is 1. The zero-order valence-electron chi connectivity index (χ0n) is 22.0. The van der Waals surface area contributed by atoms with Crippen LogP contribution in [0.4, 0.5) is 0 Å². The molecule has 1 saturated heterocycles. The maximum absolute atomic E-state index is 13.6. The highest BCUT2D eigenvalue weighted by molar-refractivity contribution is 7.89. The normalized spacial score (nSPS) is 19.0. The topological polar surface area (TPSA) is 92.5 Å². The number of hydrogen-bond donors (Lipinski definition) is 1. The first-order valence-corrected chi connectivity index (χ1v) is 14.6. The lowest BCUT2D eigenvalue weighted by Gasteiger charge is -2.31. The smallest absolute Gasteiger partial charge is 0.248 e. The van der Waals surface area contributed by atoms with E-state index in [1.54, 1.807) is 13.0 Å². The molecule has 1 aliphatic heterocycles. The van der Waals surface area contributed by atoms with Crippen molar-refractivity contribution in [2.45, 2.75) is 90.0 Å². The van der Waals surface area contributed by atoms with Crippen molar-refractivity contribution in [3.8, 4) is 0 Å². The molecule has 0 unspecified atom stereocenters. The molecule has 1 amide bonds. The van der Waals surface area contributed by atoms with E-state index in [4.69, 9.17) is 4.52 Å². The van der Waals surface area contributed by atoms with E-state index in [0.29, 0.717) is 31.6 Å². The van der Waals surface area contributed by atoms with Crippen LogP contribution in [0.5, 0.6) is 0 Å². The van der Waals surface area contributed by atoms with Gasteiger partial charge in [0.2, 0.25) is 15.9 Å². The van der Waals surface area contributed by atoms with Gasteiger partial charge in [0.05, 0.1) is 0 Å². The molecule has 0 atom stereocenters. The fourth-order valence-corrected chi connectivity index (χ4v) is 7.36. The summed E-state index contributed by atoms with van der Waals surface area (Å²) < 4.78 is 34.1. The lowest BCUT2D eigenvalue weighted by atomic mass is 9.96. The molecule has 1 aromatic carbocycles. The van der Waals surface area contributed by atoms with E-state index >= 15 is 0 Å². The maximum atomic E-state index is 13.6. The van der Waals surface area contributed by atoms with Crippen LogP contribution in [-0.2, 0) is 14.8 Å². The first-order valence-electron chi connectivity index (χ1n) is 13.2. The minimum absolute atomic E-state index is 0.0765. The first kappa shape index (κ1) is 26.6. The Hall–Kier alpha value is -2.45. The summed E-state index contributed by atoms with van der Waals surface area (Å²) in [5.74, 6) is 0.169. The highest BCUT2D eigenvalue weighted by Gasteiger charge is 2.36. The average molecular weight is 514 g/mol. The Kier molecular flexibility index (Phi) is 8.35. The Morgan fingerprint density at radius 2 is 1.58 bits per heavy atom. The van der Waals surface area contributed by atoms with Crippen molar-refractivity contribution in [1.29, 1.82) is 0 Å². The van der Waals surface area contributed by atoms with Gasteiger partial charge in [0.1, 0.15) is 5.69 Å². The molecule has 2 heterocycles. The minimum atomic E-state index is -3.80. The van der Waals surface area contributed by atoms with Gasteiger partial charge in [-0.3, -0.25) is 4.79 Å². The van der Waals surface area contributed by atoms with Crippen LogP contribution in [0.1, 0.15) is 85.1 Å². The molecule has 2 aromatic rings. The molecular weight excluding hydrogens is 474 g/mol. The van der Waals surface area contributed by atoms with E-state index in [1.165, 1.54) is 35.6 Å². The molecule has 1 aliphatic carbocycles. The van der Waals surface area contributed by atoms with Crippen LogP contribution >= 0.6 is 0 Å². The SMILES string of the molecule is Cc1cc(C)c(C=Cc2onc(C)c2S(=O)(=O)N2CCC(C(=O)NC3CCCCCC3)CC2)c(C)c1. The van der Waals surface area contributed by atoms with Crippen LogP contribution < -0.4 is 5.32 Å². The van der Waals surface area contributed by atoms with Gasteiger partial charge in [0.25, 0.3) is 0 Å². The van der Waals surface area contributed by atoms with E-state index in [2.05, 4.69) is 29.5 Å². The summed E-state index contributed by atoms with van der Waals surface area (Å²) in [6, 6.07) is 4.47. The number of benzene rings is 1. The summed E-state index contributed by atoms with van der Waals surface area (Å²) in [7, 11) is -3.80. The number of aromatic nitrogens is 1. The molecule has 196 valence electrons. The summed E-state index contributed by atoms with van der Waals surface area (Å²) in [5.41, 5.74) is 4.81. The van der Waals surface area contributed by atoms with Gasteiger partial charge < -0.3 is 9.84 Å². The van der Waals surface area contributed by atoms with Crippen LogP contribution in [0.25, 0.3) is 12.2 Å². The number of piperidine rings is 1. The monoisotopic (exact) mass is 513 g/mol. The van der Waals surface area contributed by atoms with Crippen LogP contribution in [0.2, 0.25) is 0 Å². The van der Waals surface area contributed by atoms with E-state index in [9.17, 15) is 13.2 Å². The fourth-order valence-electron chi connectivity index (χ4n) is 5.64. The Labute approximate surface area is 215 Å². The lowest BCUT2D eigenvalue weighted by Crippen LogP contribution is -2.45. The second-order valence-corrected chi connectivity index (χ2v) is 12.4. The van der Waals surface area contributed by atoms with Gasteiger partial charge in [0, 0.05) is 25.0 Å². The minimum Gasteiger partial charge on any atom is -0.355 e. The van der Waals surface area contributed by atoms with Crippen molar-refractivity contribution in [2.75, 3.05) is 13.1 Å². The average Bonchev–Trinajstić information content (AvgIpc) is 3.02. The van der Waals surface area contributed by atoms with Gasteiger partial charge in [-0.25, -0.2) is 8.42 Å². The van der Waals surface area contributed by atoms with E-state index in [0.717, 1.165) is 29.5 Å². The molecule has 2 aliphatic rings. The Morgan fingerprint density at radius 1 is 0.972 bits per heavy atom. The van der Waals surface area contributed by atoms with Crippen molar-refractivity contribution in [3.63, 3.8) is 0 Å². The molecule has 1 N–H and O–H groups in total. The van der Waals surface area contributed by atoms with Crippen LogP contribution in [0.15, 0.2) is 21.6 Å². The second-order valence-electron chi connectivity index (χ2n) is 10.5. The standard InChI is InChI=1S/C28H39N3O4S/c1-19-17-20(2)25(21(3)18-19)11-12-26-27(22(4)30-35-26)36(33,34)31-15-13-23(14-16-31)28(32)29-24-9-7-5-6-8-10-24/h11-12,17-18,23-24H,5-10,13-16H2,1-4H3,(H,29,32). The number of carbonyl (C=O) groups is 1. The van der Waals surface area contributed by atoms with E-state index < -0.39 is 10.0 Å². The molecule has 7 nitrogen and oxygen atoms in total. The lowest BCUT2D eigenvalue weighted by molar-refractivity contribution is -0.126. The van der Waals surface area contributed by atoms with Crippen molar-refractivity contribution >= 4 is 28.1 Å². The predicted molar refractivity (Wildman–Crippen MR) is 142 cm³/mol. The van der Waals surface area contributed by atoms with Crippen molar-refractivity contribution in [2.24, 2.45) is 5.92 Å². The van der Waals surface area contributed by atoms with E-state index in [1.807, 2.05) is 19.9 Å². The zero-order chi connectivity index (χ0) is 25.9. The Bertz CT molecular complexity index is 1190. The highest BCUT2D eigenvalue weighted by Crippen LogP contribution is 2.30. The third-order valence-electron chi connectivity index (χ3n) is 7.60. The predicted octanol–water partition coefficient (Wildman–Crippen LogP) is 5.32. The number of sulfonamides is 1. The molecule has 0 radical (unpaired) electrons. The molecular formula is C28H39N3O4S. The third kappa shape index (κ3) is 5.92. The van der Waals surface area contributed by atoms with E-state index in [-0.39, 0.29) is 28.5 Å². The van der Waals surface area contributed by atoms with Gasteiger partial charge in [0.15, 0.2) is 10.7 Å². The van der Waals surface area contributed by atoms with Gasteiger partial charge in [-0.1, -0.05) is 54.6 Å². The quantitative estimate of drug-likeness (QED) is 0.528. The summed E-state index contributed by atoms with van der Waals surface area (Å²) in [5, 5.41) is 7.20. The fraction of sp³-hybridized carbons (Fsp3) is 0.571. The van der Waals surface area contributed by atoms with Gasteiger partial charge in [-0.05, 0) is 76.1 Å². The van der Waals surface area contributed by atoms with Gasteiger partial charge >= 0.3 is 0 Å². The Morgan fingerprint density at radius 3 is 2.19 bits per heavy atom. The van der Waals surface area contributed by atoms with Crippen molar-refractivity contribution < 1.29 is 17.7 Å². The van der Waals surface area contributed by atoms with Gasteiger partial charge in [-0.15, -0.1) is 0 Å². The number of nitrogens with one attached hydrogen (secondary N) is 1. The largest absolute Gasteiger partial charge is 0.355 e. The zero-order valence-corrected chi connectivity index (χ0v) is 22.8. The molecule has 1 saturated carbocycles. The summed E-state index contributed by atoms with van der Waals surface area (Å²) >= 11 is 0. The molecule has 2 fully saturated rings. The van der Waals surface area contributed by atoms with Crippen LogP contribution in [0.3, 0.4) is 0 Å². The maximum Gasteiger partial charge on any atom is 0.248 e. The molecule has 0 bridgehead atoms. The number of aryl methyl sites for hydroxylation is 4. The molecule has 4 rings (SSSR count). The number of carbonyl (C=O) groups excluding carboxylic acids is 1. The molecule has 1 aromatic heterocycles. The number of hydrogen-bond acceptors (Lipinski definition) is 5.